The van der Waals surface area contributed by atoms with Crippen LogP contribution in [0.5, 0.6) is 0 Å². The summed E-state index contributed by atoms with van der Waals surface area (Å²) >= 11 is 3.31. The van der Waals surface area contributed by atoms with Gasteiger partial charge in [-0.15, -0.1) is 0 Å². The first-order chi connectivity index (χ1) is 8.13. The van der Waals surface area contributed by atoms with Gasteiger partial charge in [-0.25, -0.2) is 0 Å². The fraction of sp³-hybridized carbons (Fsp3) is 0.462. The summed E-state index contributed by atoms with van der Waals surface area (Å²) in [5, 5.41) is 9.82. The second kappa shape index (κ2) is 7.45. The van der Waals surface area contributed by atoms with Gasteiger partial charge in [-0.05, 0) is 24.1 Å². The van der Waals surface area contributed by atoms with E-state index in [0.717, 1.165) is 22.9 Å². The zero-order chi connectivity index (χ0) is 12.7. The van der Waals surface area contributed by atoms with Crippen molar-refractivity contribution in [3.8, 4) is 0 Å². The monoisotopic (exact) mass is 300 g/mol. The number of esters is 1. The number of ether oxygens (including phenoxy) is 1. The summed E-state index contributed by atoms with van der Waals surface area (Å²) in [6, 6.07) is 7.24. The molecule has 17 heavy (non-hydrogen) atoms. The quantitative estimate of drug-likeness (QED) is 0.648. The molecule has 3 nitrogen and oxygen atoms in total. The van der Waals surface area contributed by atoms with Crippen molar-refractivity contribution in [3.63, 3.8) is 0 Å². The number of benzene rings is 1. The van der Waals surface area contributed by atoms with Crippen LogP contribution in [0.25, 0.3) is 0 Å². The van der Waals surface area contributed by atoms with E-state index in [1.165, 1.54) is 0 Å². The lowest BCUT2D eigenvalue weighted by Gasteiger charge is -2.10. The summed E-state index contributed by atoms with van der Waals surface area (Å²) in [7, 11) is 0. The first-order valence-corrected chi connectivity index (χ1v) is 6.52. The number of halogens is 1. The van der Waals surface area contributed by atoms with Crippen molar-refractivity contribution in [1.82, 2.24) is 0 Å². The predicted molar refractivity (Wildman–Crippen MR) is 69.6 cm³/mol. The highest BCUT2D eigenvalue weighted by atomic mass is 79.9. The van der Waals surface area contributed by atoms with Crippen molar-refractivity contribution in [2.75, 3.05) is 6.61 Å². The van der Waals surface area contributed by atoms with Gasteiger partial charge in [0.15, 0.2) is 0 Å². The Morgan fingerprint density at radius 2 is 2.06 bits per heavy atom. The molecule has 0 amide bonds. The van der Waals surface area contributed by atoms with Gasteiger partial charge in [0.05, 0.1) is 19.1 Å². The first-order valence-electron chi connectivity index (χ1n) is 5.72. The average Bonchev–Trinajstić information content (AvgIpc) is 2.30. The van der Waals surface area contributed by atoms with Gasteiger partial charge in [0, 0.05) is 4.47 Å². The van der Waals surface area contributed by atoms with Crippen molar-refractivity contribution < 1.29 is 14.6 Å². The standard InChI is InChI=1S/C13H17BrO3/c1-2-3-8-17-13(16)9-12(15)10-4-6-11(14)7-5-10/h4-7,12,15H,2-3,8-9H2,1H3. The molecule has 1 aromatic carbocycles. The van der Waals surface area contributed by atoms with Crippen LogP contribution in [0.15, 0.2) is 28.7 Å². The summed E-state index contributed by atoms with van der Waals surface area (Å²) in [6.45, 7) is 2.47. The topological polar surface area (TPSA) is 46.5 Å². The van der Waals surface area contributed by atoms with Gasteiger partial charge in [0.1, 0.15) is 0 Å². The maximum Gasteiger partial charge on any atom is 0.308 e. The molecule has 1 atom stereocenters. The van der Waals surface area contributed by atoms with Crippen LogP contribution in [0.3, 0.4) is 0 Å². The van der Waals surface area contributed by atoms with Crippen LogP contribution in [0, 0.1) is 0 Å². The van der Waals surface area contributed by atoms with Gasteiger partial charge in [-0.3, -0.25) is 4.79 Å². The molecule has 1 unspecified atom stereocenters. The SMILES string of the molecule is CCCCOC(=O)CC(O)c1ccc(Br)cc1. The van der Waals surface area contributed by atoms with E-state index in [-0.39, 0.29) is 12.4 Å². The molecule has 0 heterocycles. The van der Waals surface area contributed by atoms with E-state index >= 15 is 0 Å². The van der Waals surface area contributed by atoms with Crippen LogP contribution < -0.4 is 0 Å². The number of aliphatic hydroxyl groups excluding tert-OH is 1. The Balaban J connectivity index is 2.40. The molecule has 1 aromatic rings. The molecular formula is C13H17BrO3. The number of carbonyl (C=O) groups is 1. The Kier molecular flexibility index (Phi) is 6.22. The Labute approximate surface area is 110 Å². The molecule has 0 saturated carbocycles. The lowest BCUT2D eigenvalue weighted by molar-refractivity contribution is -0.146. The third-order valence-electron chi connectivity index (χ3n) is 2.38. The molecule has 0 bridgehead atoms. The highest BCUT2D eigenvalue weighted by molar-refractivity contribution is 9.10. The van der Waals surface area contributed by atoms with Crippen molar-refractivity contribution in [2.45, 2.75) is 32.3 Å². The van der Waals surface area contributed by atoms with Crippen molar-refractivity contribution in [1.29, 1.82) is 0 Å². The summed E-state index contributed by atoms with van der Waals surface area (Å²) in [6.07, 6.45) is 1.06. The minimum absolute atomic E-state index is 0.00530. The van der Waals surface area contributed by atoms with Crippen LogP contribution in [0.1, 0.15) is 37.9 Å². The fourth-order valence-corrected chi connectivity index (χ4v) is 1.61. The molecule has 1 rings (SSSR count). The third kappa shape index (κ3) is 5.33. The predicted octanol–water partition coefficient (Wildman–Crippen LogP) is 3.22. The summed E-state index contributed by atoms with van der Waals surface area (Å²) in [4.78, 5) is 11.4. The van der Waals surface area contributed by atoms with E-state index in [2.05, 4.69) is 15.9 Å². The van der Waals surface area contributed by atoms with Crippen LogP contribution in [0.2, 0.25) is 0 Å². The Morgan fingerprint density at radius 3 is 2.65 bits per heavy atom. The largest absolute Gasteiger partial charge is 0.466 e. The van der Waals surface area contributed by atoms with Crippen molar-refractivity contribution in [3.05, 3.63) is 34.3 Å². The number of unbranched alkanes of at least 4 members (excludes halogenated alkanes) is 1. The molecule has 0 fully saturated rings. The highest BCUT2D eigenvalue weighted by Crippen LogP contribution is 2.19. The molecular weight excluding hydrogens is 284 g/mol. The molecule has 0 aliphatic rings. The van der Waals surface area contributed by atoms with Crippen LogP contribution in [0.4, 0.5) is 0 Å². The molecule has 0 radical (unpaired) electrons. The van der Waals surface area contributed by atoms with E-state index in [9.17, 15) is 9.90 Å². The first kappa shape index (κ1) is 14.2. The van der Waals surface area contributed by atoms with Crippen LogP contribution >= 0.6 is 15.9 Å². The Hall–Kier alpha value is -0.870. The molecule has 94 valence electrons. The van der Waals surface area contributed by atoms with Gasteiger partial charge in [-0.2, -0.15) is 0 Å². The third-order valence-corrected chi connectivity index (χ3v) is 2.90. The molecule has 0 saturated heterocycles. The lowest BCUT2D eigenvalue weighted by atomic mass is 10.1. The van der Waals surface area contributed by atoms with Gasteiger partial charge >= 0.3 is 5.97 Å². The van der Waals surface area contributed by atoms with Gasteiger partial charge < -0.3 is 9.84 Å². The summed E-state index contributed by atoms with van der Waals surface area (Å²) in [5.41, 5.74) is 0.723. The van der Waals surface area contributed by atoms with Crippen LogP contribution in [-0.4, -0.2) is 17.7 Å². The zero-order valence-corrected chi connectivity index (χ0v) is 11.4. The second-order valence-corrected chi connectivity index (χ2v) is 4.76. The molecule has 0 aromatic heterocycles. The maximum absolute atomic E-state index is 11.4. The van der Waals surface area contributed by atoms with Gasteiger partial charge in [-0.1, -0.05) is 41.4 Å². The molecule has 0 aliphatic heterocycles. The second-order valence-electron chi connectivity index (χ2n) is 3.85. The van der Waals surface area contributed by atoms with Gasteiger partial charge in [0.2, 0.25) is 0 Å². The molecule has 4 heteroatoms. The molecule has 0 aliphatic carbocycles. The number of carbonyl (C=O) groups excluding carboxylic acids is 1. The van der Waals surface area contributed by atoms with Crippen molar-refractivity contribution in [2.24, 2.45) is 0 Å². The van der Waals surface area contributed by atoms with Crippen molar-refractivity contribution >= 4 is 21.9 Å². The Bertz CT molecular complexity index is 348. The summed E-state index contributed by atoms with van der Waals surface area (Å²) in [5.74, 6) is -0.353. The molecule has 1 N–H and O–H groups in total. The molecule has 0 spiro atoms. The summed E-state index contributed by atoms with van der Waals surface area (Å²) < 4.78 is 5.93. The minimum Gasteiger partial charge on any atom is -0.466 e. The lowest BCUT2D eigenvalue weighted by Crippen LogP contribution is -2.11. The maximum atomic E-state index is 11.4. The van der Waals surface area contributed by atoms with E-state index < -0.39 is 6.10 Å². The fourth-order valence-electron chi connectivity index (χ4n) is 1.35. The normalized spacial score (nSPS) is 12.2. The van der Waals surface area contributed by atoms with Gasteiger partial charge in [0.25, 0.3) is 0 Å². The smallest absolute Gasteiger partial charge is 0.308 e. The Morgan fingerprint density at radius 1 is 1.41 bits per heavy atom. The number of rotatable bonds is 6. The van der Waals surface area contributed by atoms with E-state index in [1.54, 1.807) is 12.1 Å². The van der Waals surface area contributed by atoms with E-state index in [1.807, 2.05) is 19.1 Å². The highest BCUT2D eigenvalue weighted by Gasteiger charge is 2.13. The van der Waals surface area contributed by atoms with Crippen LogP contribution in [-0.2, 0) is 9.53 Å². The average molecular weight is 301 g/mol. The van der Waals surface area contributed by atoms with E-state index in [4.69, 9.17) is 4.74 Å². The zero-order valence-electron chi connectivity index (χ0n) is 9.86. The minimum atomic E-state index is -0.794. The number of aliphatic hydroxyl groups is 1. The number of hydrogen-bond donors (Lipinski definition) is 1. The number of hydrogen-bond acceptors (Lipinski definition) is 3. The van der Waals surface area contributed by atoms with E-state index in [0.29, 0.717) is 6.61 Å².